The van der Waals surface area contributed by atoms with Crippen LogP contribution < -0.4 is 15.8 Å². The largest absolute Gasteiger partial charge is 0.573 e. The molecule has 1 aromatic carbocycles. The van der Waals surface area contributed by atoms with E-state index < -0.39 is 6.36 Å². The van der Waals surface area contributed by atoms with E-state index >= 15 is 0 Å². The SMILES string of the molecule is CNCC=Cc1cc(N)ccc1OC(F)(F)F. The average Bonchev–Trinajstić information content (AvgIpc) is 2.20. The van der Waals surface area contributed by atoms with Crippen LogP contribution >= 0.6 is 0 Å². The lowest BCUT2D eigenvalue weighted by Crippen LogP contribution is -2.17. The Morgan fingerprint density at radius 1 is 1.41 bits per heavy atom. The third-order valence-electron chi connectivity index (χ3n) is 1.88. The Bertz CT molecular complexity index is 402. The highest BCUT2D eigenvalue weighted by Crippen LogP contribution is 2.28. The molecule has 1 aromatic rings. The highest BCUT2D eigenvalue weighted by Gasteiger charge is 2.31. The van der Waals surface area contributed by atoms with Gasteiger partial charge in [0.15, 0.2) is 0 Å². The van der Waals surface area contributed by atoms with Gasteiger partial charge in [-0.25, -0.2) is 0 Å². The number of rotatable bonds is 4. The Labute approximate surface area is 97.1 Å². The first kappa shape index (κ1) is 13.4. The number of nitrogens with two attached hydrogens (primary N) is 1. The van der Waals surface area contributed by atoms with Gasteiger partial charge < -0.3 is 15.8 Å². The maximum atomic E-state index is 12.1. The molecule has 0 fully saturated rings. The van der Waals surface area contributed by atoms with Crippen molar-refractivity contribution in [2.75, 3.05) is 19.3 Å². The van der Waals surface area contributed by atoms with E-state index in [9.17, 15) is 13.2 Å². The number of ether oxygens (including phenoxy) is 1. The van der Waals surface area contributed by atoms with Gasteiger partial charge in [0.2, 0.25) is 0 Å². The van der Waals surface area contributed by atoms with Gasteiger partial charge in [0, 0.05) is 17.8 Å². The molecule has 0 aromatic heterocycles. The second-order valence-electron chi connectivity index (χ2n) is 3.31. The number of benzene rings is 1. The van der Waals surface area contributed by atoms with Crippen LogP contribution in [-0.2, 0) is 0 Å². The summed E-state index contributed by atoms with van der Waals surface area (Å²) in [7, 11) is 1.73. The van der Waals surface area contributed by atoms with Gasteiger partial charge in [0.1, 0.15) is 5.75 Å². The summed E-state index contributed by atoms with van der Waals surface area (Å²) in [6.07, 6.45) is -1.51. The Morgan fingerprint density at radius 2 is 2.12 bits per heavy atom. The topological polar surface area (TPSA) is 47.3 Å². The first-order chi connectivity index (χ1) is 7.92. The number of alkyl halides is 3. The van der Waals surface area contributed by atoms with Crippen molar-refractivity contribution in [2.24, 2.45) is 0 Å². The van der Waals surface area contributed by atoms with Crippen LogP contribution in [0.5, 0.6) is 5.75 Å². The summed E-state index contributed by atoms with van der Waals surface area (Å²) in [5, 5.41) is 2.84. The Hall–Kier alpha value is -1.69. The standard InChI is InChI=1S/C11H13F3N2O/c1-16-6-2-3-8-7-9(15)4-5-10(8)17-11(12,13)14/h2-5,7,16H,6,15H2,1H3. The first-order valence-corrected chi connectivity index (χ1v) is 4.89. The van der Waals surface area contributed by atoms with Gasteiger partial charge in [-0.15, -0.1) is 13.2 Å². The van der Waals surface area contributed by atoms with Gasteiger partial charge in [0.05, 0.1) is 0 Å². The van der Waals surface area contributed by atoms with Crippen LogP contribution in [0.3, 0.4) is 0 Å². The van der Waals surface area contributed by atoms with E-state index in [-0.39, 0.29) is 11.3 Å². The quantitative estimate of drug-likeness (QED) is 0.802. The first-order valence-electron chi connectivity index (χ1n) is 4.89. The molecule has 0 aliphatic carbocycles. The molecule has 0 atom stereocenters. The summed E-state index contributed by atoms with van der Waals surface area (Å²) in [5.74, 6) is -0.265. The smallest absolute Gasteiger partial charge is 0.405 e. The van der Waals surface area contributed by atoms with Crippen LogP contribution in [0.25, 0.3) is 6.08 Å². The summed E-state index contributed by atoms with van der Waals surface area (Å²) >= 11 is 0. The molecular weight excluding hydrogens is 233 g/mol. The molecule has 6 heteroatoms. The fourth-order valence-electron chi connectivity index (χ4n) is 1.22. The lowest BCUT2D eigenvalue weighted by Gasteiger charge is -2.11. The molecular formula is C11H13F3N2O. The van der Waals surface area contributed by atoms with E-state index in [0.29, 0.717) is 12.2 Å². The van der Waals surface area contributed by atoms with Gasteiger partial charge in [-0.2, -0.15) is 0 Å². The van der Waals surface area contributed by atoms with Crippen molar-refractivity contribution in [3.05, 3.63) is 29.8 Å². The second kappa shape index (κ2) is 5.58. The second-order valence-corrected chi connectivity index (χ2v) is 3.31. The van der Waals surface area contributed by atoms with Gasteiger partial charge in [-0.3, -0.25) is 0 Å². The van der Waals surface area contributed by atoms with Gasteiger partial charge >= 0.3 is 6.36 Å². The molecule has 0 bridgehead atoms. The minimum atomic E-state index is -4.71. The molecule has 0 unspecified atom stereocenters. The molecule has 0 spiro atoms. The molecule has 0 aliphatic heterocycles. The lowest BCUT2D eigenvalue weighted by atomic mass is 10.1. The van der Waals surface area contributed by atoms with Crippen LogP contribution in [0.1, 0.15) is 5.56 Å². The number of hydrogen-bond acceptors (Lipinski definition) is 3. The predicted octanol–water partition coefficient (Wildman–Crippen LogP) is 2.40. The lowest BCUT2D eigenvalue weighted by molar-refractivity contribution is -0.274. The van der Waals surface area contributed by atoms with Gasteiger partial charge in [-0.1, -0.05) is 12.2 Å². The Kier molecular flexibility index (Phi) is 4.39. The number of likely N-dealkylation sites (N-methyl/N-ethyl adjacent to an activating group) is 1. The predicted molar refractivity (Wildman–Crippen MR) is 60.5 cm³/mol. The van der Waals surface area contributed by atoms with Crippen molar-refractivity contribution in [2.45, 2.75) is 6.36 Å². The molecule has 0 saturated carbocycles. The van der Waals surface area contributed by atoms with Crippen molar-refractivity contribution in [3.8, 4) is 5.75 Å². The van der Waals surface area contributed by atoms with Crippen LogP contribution in [-0.4, -0.2) is 20.0 Å². The zero-order valence-corrected chi connectivity index (χ0v) is 9.21. The van der Waals surface area contributed by atoms with E-state index in [1.54, 1.807) is 13.1 Å². The number of hydrogen-bond donors (Lipinski definition) is 2. The van der Waals surface area contributed by atoms with Crippen molar-refractivity contribution in [3.63, 3.8) is 0 Å². The summed E-state index contributed by atoms with van der Waals surface area (Å²) in [6.45, 7) is 0.542. The molecule has 17 heavy (non-hydrogen) atoms. The van der Waals surface area contributed by atoms with Crippen LogP contribution in [0.15, 0.2) is 24.3 Å². The van der Waals surface area contributed by atoms with E-state index in [1.807, 2.05) is 0 Å². The maximum absolute atomic E-state index is 12.1. The maximum Gasteiger partial charge on any atom is 0.573 e. The fourth-order valence-corrected chi connectivity index (χ4v) is 1.22. The van der Waals surface area contributed by atoms with E-state index in [1.165, 1.54) is 24.3 Å². The van der Waals surface area contributed by atoms with Crippen molar-refractivity contribution in [1.82, 2.24) is 5.32 Å². The van der Waals surface area contributed by atoms with Gasteiger partial charge in [-0.05, 0) is 25.2 Å². The number of nitrogens with one attached hydrogen (secondary N) is 1. The molecule has 0 amide bonds. The number of nitrogen functional groups attached to an aromatic ring is 1. The summed E-state index contributed by atoms with van der Waals surface area (Å²) in [4.78, 5) is 0. The fraction of sp³-hybridized carbons (Fsp3) is 0.273. The molecule has 0 aliphatic rings. The normalized spacial score (nSPS) is 12.0. The molecule has 0 radical (unpaired) electrons. The minimum absolute atomic E-state index is 0.265. The summed E-state index contributed by atoms with van der Waals surface area (Å²) in [5.41, 5.74) is 6.18. The van der Waals surface area contributed by atoms with Crippen LogP contribution in [0.4, 0.5) is 18.9 Å². The van der Waals surface area contributed by atoms with E-state index in [2.05, 4.69) is 10.1 Å². The number of anilines is 1. The van der Waals surface area contributed by atoms with Crippen LogP contribution in [0.2, 0.25) is 0 Å². The third-order valence-corrected chi connectivity index (χ3v) is 1.88. The van der Waals surface area contributed by atoms with Crippen LogP contribution in [0, 0.1) is 0 Å². The summed E-state index contributed by atoms with van der Waals surface area (Å²) in [6, 6.07) is 3.98. The third kappa shape index (κ3) is 4.78. The van der Waals surface area contributed by atoms with E-state index in [0.717, 1.165) is 0 Å². The molecule has 3 N–H and O–H groups in total. The average molecular weight is 246 g/mol. The Morgan fingerprint density at radius 3 is 2.71 bits per heavy atom. The zero-order valence-electron chi connectivity index (χ0n) is 9.21. The molecule has 3 nitrogen and oxygen atoms in total. The molecule has 1 rings (SSSR count). The van der Waals surface area contributed by atoms with E-state index in [4.69, 9.17) is 5.73 Å². The van der Waals surface area contributed by atoms with Crippen molar-refractivity contribution >= 4 is 11.8 Å². The summed E-state index contributed by atoms with van der Waals surface area (Å²) < 4.78 is 40.3. The highest BCUT2D eigenvalue weighted by atomic mass is 19.4. The van der Waals surface area contributed by atoms with Gasteiger partial charge in [0.25, 0.3) is 0 Å². The minimum Gasteiger partial charge on any atom is -0.405 e. The van der Waals surface area contributed by atoms with Crippen molar-refractivity contribution in [1.29, 1.82) is 0 Å². The molecule has 0 heterocycles. The molecule has 0 saturated heterocycles. The number of halogens is 3. The molecule has 94 valence electrons. The van der Waals surface area contributed by atoms with Crippen molar-refractivity contribution < 1.29 is 17.9 Å². The monoisotopic (exact) mass is 246 g/mol. The highest BCUT2D eigenvalue weighted by molar-refractivity contribution is 5.62. The zero-order chi connectivity index (χ0) is 12.9. The Balaban J connectivity index is 2.95.